The van der Waals surface area contributed by atoms with Gasteiger partial charge in [0.25, 0.3) is 5.56 Å². The molecular formula is C8H11N4O3. The van der Waals surface area contributed by atoms with Gasteiger partial charge in [0.05, 0.1) is 6.07 Å². The smallest absolute Gasteiger partial charge is 0.340 e. The number of hydrogen-bond donors (Lipinski definition) is 2. The van der Waals surface area contributed by atoms with Crippen LogP contribution in [0.25, 0.3) is 0 Å². The van der Waals surface area contributed by atoms with E-state index in [0.29, 0.717) is 11.0 Å². The van der Waals surface area contributed by atoms with Gasteiger partial charge in [-0.1, -0.05) is 6.92 Å². The molecule has 15 heavy (non-hydrogen) atoms. The van der Waals surface area contributed by atoms with Crippen molar-refractivity contribution in [3.63, 3.8) is 0 Å². The summed E-state index contributed by atoms with van der Waals surface area (Å²) in [6.07, 6.45) is 0.575. The Morgan fingerprint density at radius 1 is 1.47 bits per heavy atom. The lowest BCUT2D eigenvalue weighted by Crippen LogP contribution is -2.44. The summed E-state index contributed by atoms with van der Waals surface area (Å²) < 4.78 is 1.37. The number of nitrogen functional groups attached to an aromatic ring is 1. The Morgan fingerprint density at radius 2 is 2.07 bits per heavy atom. The molecule has 0 saturated carbocycles. The Bertz CT molecular complexity index is 500. The third-order valence-electron chi connectivity index (χ3n) is 1.81. The summed E-state index contributed by atoms with van der Waals surface area (Å²) in [6, 6.07) is 1.13. The second-order valence-electron chi connectivity index (χ2n) is 2.92. The first-order valence-electron chi connectivity index (χ1n) is 4.33. The minimum Gasteiger partial charge on any atom is -0.384 e. The highest BCUT2D eigenvalue weighted by atomic mass is 16.2. The highest BCUT2D eigenvalue weighted by Crippen LogP contribution is 1.91. The van der Waals surface area contributed by atoms with Gasteiger partial charge in [0, 0.05) is 6.54 Å². The van der Waals surface area contributed by atoms with E-state index in [1.165, 1.54) is 0 Å². The molecule has 1 aromatic heterocycles. The summed E-state index contributed by atoms with van der Waals surface area (Å²) in [5.41, 5.74) is 8.74. The molecule has 81 valence electrons. The molecular weight excluding hydrogens is 200 g/mol. The number of rotatable bonds is 2. The molecule has 0 aliphatic rings. The highest BCUT2D eigenvalue weighted by molar-refractivity contribution is 5.77. The molecule has 0 aromatic carbocycles. The third kappa shape index (κ3) is 1.90. The average Bonchev–Trinajstić information content (AvgIpc) is 2.11. The minimum atomic E-state index is -1.03. The topological polar surface area (TPSA) is 113 Å². The summed E-state index contributed by atoms with van der Waals surface area (Å²) in [4.78, 5) is 33.7. The van der Waals surface area contributed by atoms with Crippen molar-refractivity contribution in [3.8, 4) is 0 Å². The van der Waals surface area contributed by atoms with E-state index in [1.54, 1.807) is 6.92 Å². The molecule has 1 aromatic rings. The Morgan fingerprint density at radius 3 is 2.53 bits per heavy atom. The first-order chi connectivity index (χ1) is 6.99. The standard InChI is InChI=1S/C8H11N4O3/c1-2-3-11-6(13)4-5(9)12(7(10)14)8(11)15/h2-3,9H2,1H3,(H2,10,14). The second kappa shape index (κ2) is 3.99. The van der Waals surface area contributed by atoms with Crippen LogP contribution in [0, 0.1) is 6.07 Å². The van der Waals surface area contributed by atoms with Crippen LogP contribution in [0.1, 0.15) is 13.3 Å². The molecule has 1 radical (unpaired) electrons. The van der Waals surface area contributed by atoms with Gasteiger partial charge < -0.3 is 11.5 Å². The molecule has 4 N–H and O–H groups in total. The van der Waals surface area contributed by atoms with Crippen molar-refractivity contribution >= 4 is 11.8 Å². The van der Waals surface area contributed by atoms with Crippen LogP contribution in [-0.2, 0) is 6.54 Å². The number of carbonyl (C=O) groups excluding carboxylic acids is 1. The lowest BCUT2D eigenvalue weighted by Gasteiger charge is -2.07. The zero-order chi connectivity index (χ0) is 11.6. The van der Waals surface area contributed by atoms with E-state index < -0.39 is 17.3 Å². The maximum absolute atomic E-state index is 11.6. The SMILES string of the molecule is CCCn1c(=O)[c]c(N)n(C(N)=O)c1=O. The van der Waals surface area contributed by atoms with Gasteiger partial charge >= 0.3 is 11.7 Å². The van der Waals surface area contributed by atoms with Gasteiger partial charge in [-0.25, -0.2) is 9.59 Å². The van der Waals surface area contributed by atoms with Crippen LogP contribution < -0.4 is 22.7 Å². The number of aromatic nitrogens is 2. The van der Waals surface area contributed by atoms with Crippen LogP contribution in [0.15, 0.2) is 9.59 Å². The van der Waals surface area contributed by atoms with Gasteiger partial charge in [-0.05, 0) is 6.42 Å². The van der Waals surface area contributed by atoms with Crippen molar-refractivity contribution in [2.75, 3.05) is 5.73 Å². The van der Waals surface area contributed by atoms with Gasteiger partial charge in [-0.3, -0.25) is 9.36 Å². The molecule has 7 heteroatoms. The molecule has 0 bridgehead atoms. The fraction of sp³-hybridized carbons (Fsp3) is 0.375. The largest absolute Gasteiger partial charge is 0.384 e. The molecule has 0 fully saturated rings. The van der Waals surface area contributed by atoms with E-state index in [0.717, 1.165) is 4.57 Å². The van der Waals surface area contributed by atoms with E-state index in [1.807, 2.05) is 0 Å². The lowest BCUT2D eigenvalue weighted by atomic mass is 10.4. The molecule has 0 spiro atoms. The monoisotopic (exact) mass is 211 g/mol. The number of primary amides is 1. The van der Waals surface area contributed by atoms with E-state index in [4.69, 9.17) is 11.5 Å². The van der Waals surface area contributed by atoms with Gasteiger partial charge in [-0.15, -0.1) is 0 Å². The molecule has 1 rings (SSSR count). The molecule has 0 aliphatic heterocycles. The van der Waals surface area contributed by atoms with Crippen LogP contribution in [0.5, 0.6) is 0 Å². The lowest BCUT2D eigenvalue weighted by molar-refractivity contribution is 0.249. The van der Waals surface area contributed by atoms with Gasteiger partial charge in [0.1, 0.15) is 5.82 Å². The molecule has 7 nitrogen and oxygen atoms in total. The van der Waals surface area contributed by atoms with Crippen molar-refractivity contribution < 1.29 is 4.79 Å². The maximum Gasteiger partial charge on any atom is 0.340 e. The highest BCUT2D eigenvalue weighted by Gasteiger charge is 2.12. The van der Waals surface area contributed by atoms with Crippen molar-refractivity contribution in [1.29, 1.82) is 0 Å². The van der Waals surface area contributed by atoms with Gasteiger partial charge in [0.15, 0.2) is 0 Å². The zero-order valence-corrected chi connectivity index (χ0v) is 8.19. The van der Waals surface area contributed by atoms with Crippen molar-refractivity contribution in [2.45, 2.75) is 19.9 Å². The van der Waals surface area contributed by atoms with E-state index in [9.17, 15) is 14.4 Å². The quantitative estimate of drug-likeness (QED) is 0.634. The van der Waals surface area contributed by atoms with Gasteiger partial charge in [0.2, 0.25) is 0 Å². The van der Waals surface area contributed by atoms with Crippen LogP contribution in [0.2, 0.25) is 0 Å². The van der Waals surface area contributed by atoms with Crippen LogP contribution in [-0.4, -0.2) is 15.2 Å². The zero-order valence-electron chi connectivity index (χ0n) is 8.19. The molecule has 0 saturated heterocycles. The first kappa shape index (κ1) is 11.0. The molecule has 0 aliphatic carbocycles. The summed E-state index contributed by atoms with van der Waals surface area (Å²) >= 11 is 0. The van der Waals surface area contributed by atoms with Crippen molar-refractivity contribution in [3.05, 3.63) is 26.9 Å². The minimum absolute atomic E-state index is 0.196. The Kier molecular flexibility index (Phi) is 2.93. The number of amides is 1. The molecule has 1 heterocycles. The predicted molar refractivity (Wildman–Crippen MR) is 53.5 cm³/mol. The fourth-order valence-electron chi connectivity index (χ4n) is 1.18. The molecule has 0 unspecified atom stereocenters. The van der Waals surface area contributed by atoms with Crippen LogP contribution >= 0.6 is 0 Å². The number of anilines is 1. The summed E-state index contributed by atoms with van der Waals surface area (Å²) in [5, 5.41) is 0. The van der Waals surface area contributed by atoms with E-state index >= 15 is 0 Å². The Hall–Kier alpha value is -2.05. The maximum atomic E-state index is 11.6. The summed E-state index contributed by atoms with van der Waals surface area (Å²) in [5.74, 6) is -0.371. The summed E-state index contributed by atoms with van der Waals surface area (Å²) in [7, 11) is 0. The van der Waals surface area contributed by atoms with E-state index in [2.05, 4.69) is 6.07 Å². The first-order valence-corrected chi connectivity index (χ1v) is 4.33. The second-order valence-corrected chi connectivity index (χ2v) is 2.92. The number of nitrogens with two attached hydrogens (primary N) is 2. The Labute approximate surface area is 84.9 Å². The Balaban J connectivity index is 3.57. The summed E-state index contributed by atoms with van der Waals surface area (Å²) in [6.45, 7) is 1.98. The van der Waals surface area contributed by atoms with Crippen LogP contribution in [0.4, 0.5) is 10.6 Å². The van der Waals surface area contributed by atoms with E-state index in [-0.39, 0.29) is 12.4 Å². The normalized spacial score (nSPS) is 10.2. The number of carbonyl (C=O) groups is 1. The number of nitrogens with zero attached hydrogens (tertiary/aromatic N) is 2. The molecule has 0 atom stereocenters. The fourth-order valence-corrected chi connectivity index (χ4v) is 1.18. The number of hydrogen-bond acceptors (Lipinski definition) is 4. The predicted octanol–water partition coefficient (Wildman–Crippen LogP) is -1.27. The van der Waals surface area contributed by atoms with Crippen LogP contribution in [0.3, 0.4) is 0 Å². The van der Waals surface area contributed by atoms with Crippen molar-refractivity contribution in [2.24, 2.45) is 5.73 Å². The third-order valence-corrected chi connectivity index (χ3v) is 1.81. The van der Waals surface area contributed by atoms with Crippen molar-refractivity contribution in [1.82, 2.24) is 9.13 Å². The molecule has 1 amide bonds. The average molecular weight is 211 g/mol. The van der Waals surface area contributed by atoms with Gasteiger partial charge in [-0.2, -0.15) is 4.57 Å².